The molecule has 1 heterocycles. The van der Waals surface area contributed by atoms with E-state index in [9.17, 15) is 0 Å². The van der Waals surface area contributed by atoms with Gasteiger partial charge in [-0.25, -0.2) is 0 Å². The largest absolute Gasteiger partial charge is 0.310 e. The van der Waals surface area contributed by atoms with E-state index >= 15 is 0 Å². The first-order chi connectivity index (χ1) is 8.15. The van der Waals surface area contributed by atoms with E-state index in [1.807, 2.05) is 0 Å². The van der Waals surface area contributed by atoms with Crippen molar-refractivity contribution in [1.29, 1.82) is 0 Å². The number of rotatable bonds is 3. The van der Waals surface area contributed by atoms with E-state index in [0.29, 0.717) is 6.04 Å². The van der Waals surface area contributed by atoms with Crippen LogP contribution < -0.4 is 10.6 Å². The van der Waals surface area contributed by atoms with E-state index in [4.69, 9.17) is 0 Å². The molecule has 3 atom stereocenters. The molecule has 1 aromatic carbocycles. The Kier molecular flexibility index (Phi) is 3.85. The molecule has 1 saturated heterocycles. The van der Waals surface area contributed by atoms with Gasteiger partial charge < -0.3 is 10.6 Å². The molecule has 1 fully saturated rings. The number of piperazine rings is 1. The molecule has 2 N–H and O–H groups in total. The van der Waals surface area contributed by atoms with Crippen LogP contribution in [0.1, 0.15) is 32.8 Å². The molecule has 0 spiro atoms. The molecule has 1 aromatic rings. The van der Waals surface area contributed by atoms with E-state index in [1.165, 1.54) is 12.0 Å². The van der Waals surface area contributed by atoms with Crippen molar-refractivity contribution in [3.63, 3.8) is 0 Å². The molecule has 94 valence electrons. The molecular weight excluding hydrogens is 208 g/mol. The second-order valence-corrected chi connectivity index (χ2v) is 5.45. The number of hydrogen-bond donors (Lipinski definition) is 2. The van der Waals surface area contributed by atoms with Gasteiger partial charge in [0.2, 0.25) is 0 Å². The van der Waals surface area contributed by atoms with Crippen molar-refractivity contribution in [2.45, 2.75) is 38.8 Å². The summed E-state index contributed by atoms with van der Waals surface area (Å²) in [6.07, 6.45) is 1.24. The summed E-state index contributed by atoms with van der Waals surface area (Å²) in [6, 6.07) is 11.3. The van der Waals surface area contributed by atoms with Crippen LogP contribution in [0.15, 0.2) is 30.3 Å². The summed E-state index contributed by atoms with van der Waals surface area (Å²) >= 11 is 0. The Labute approximate surface area is 105 Å². The zero-order valence-electron chi connectivity index (χ0n) is 11.2. The quantitative estimate of drug-likeness (QED) is 0.837. The van der Waals surface area contributed by atoms with E-state index in [-0.39, 0.29) is 5.54 Å². The highest BCUT2D eigenvalue weighted by molar-refractivity contribution is 5.25. The van der Waals surface area contributed by atoms with Gasteiger partial charge in [-0.05, 0) is 18.4 Å². The highest BCUT2D eigenvalue weighted by Crippen LogP contribution is 2.23. The fourth-order valence-electron chi connectivity index (χ4n) is 2.50. The average Bonchev–Trinajstić information content (AvgIpc) is 2.40. The van der Waals surface area contributed by atoms with Crippen LogP contribution in [0.2, 0.25) is 0 Å². The molecule has 2 nitrogen and oxygen atoms in total. The lowest BCUT2D eigenvalue weighted by Crippen LogP contribution is -2.61. The minimum absolute atomic E-state index is 0.0746. The Morgan fingerprint density at radius 3 is 2.59 bits per heavy atom. The van der Waals surface area contributed by atoms with Crippen molar-refractivity contribution >= 4 is 0 Å². The van der Waals surface area contributed by atoms with Gasteiger partial charge >= 0.3 is 0 Å². The second kappa shape index (κ2) is 5.19. The molecule has 0 amide bonds. The van der Waals surface area contributed by atoms with E-state index in [1.54, 1.807) is 0 Å². The third-order valence-electron chi connectivity index (χ3n) is 4.17. The molecule has 0 bridgehead atoms. The van der Waals surface area contributed by atoms with Crippen molar-refractivity contribution in [3.05, 3.63) is 35.9 Å². The Hall–Kier alpha value is -0.860. The zero-order chi connectivity index (χ0) is 12.3. The summed E-state index contributed by atoms with van der Waals surface area (Å²) in [5.41, 5.74) is 1.45. The van der Waals surface area contributed by atoms with Crippen LogP contribution in [0.25, 0.3) is 0 Å². The molecule has 0 saturated carbocycles. The van der Waals surface area contributed by atoms with Crippen LogP contribution in [-0.4, -0.2) is 19.1 Å². The molecule has 0 aliphatic carbocycles. The van der Waals surface area contributed by atoms with Gasteiger partial charge in [0, 0.05) is 19.1 Å². The lowest BCUT2D eigenvalue weighted by atomic mass is 9.87. The minimum atomic E-state index is 0.0746. The van der Waals surface area contributed by atoms with Crippen LogP contribution in [-0.2, 0) is 5.54 Å². The van der Waals surface area contributed by atoms with Gasteiger partial charge in [0.25, 0.3) is 0 Å². The summed E-state index contributed by atoms with van der Waals surface area (Å²) in [4.78, 5) is 0. The van der Waals surface area contributed by atoms with Gasteiger partial charge in [-0.2, -0.15) is 0 Å². The fraction of sp³-hybridized carbons (Fsp3) is 0.600. The first kappa shape index (κ1) is 12.6. The first-order valence-corrected chi connectivity index (χ1v) is 6.69. The van der Waals surface area contributed by atoms with Gasteiger partial charge in [-0.1, -0.05) is 50.6 Å². The van der Waals surface area contributed by atoms with Crippen LogP contribution >= 0.6 is 0 Å². The van der Waals surface area contributed by atoms with Crippen molar-refractivity contribution < 1.29 is 0 Å². The van der Waals surface area contributed by atoms with Crippen LogP contribution in [0.3, 0.4) is 0 Å². The van der Waals surface area contributed by atoms with E-state index in [0.717, 1.165) is 19.0 Å². The highest BCUT2D eigenvalue weighted by atomic mass is 15.1. The number of hydrogen-bond acceptors (Lipinski definition) is 2. The van der Waals surface area contributed by atoms with Crippen molar-refractivity contribution in [2.24, 2.45) is 5.92 Å². The molecule has 2 heteroatoms. The predicted molar refractivity (Wildman–Crippen MR) is 73.0 cm³/mol. The summed E-state index contributed by atoms with van der Waals surface area (Å²) in [6.45, 7) is 8.93. The maximum Gasteiger partial charge on any atom is 0.0533 e. The van der Waals surface area contributed by atoms with Crippen LogP contribution in [0.5, 0.6) is 0 Å². The van der Waals surface area contributed by atoms with Gasteiger partial charge in [0.1, 0.15) is 0 Å². The topological polar surface area (TPSA) is 24.1 Å². The van der Waals surface area contributed by atoms with Crippen LogP contribution in [0, 0.1) is 5.92 Å². The standard InChI is InChI=1S/C15H24N2/c1-4-12(2)14-10-17-15(3,11-16-14)13-8-6-5-7-9-13/h5-9,12,14,16-17H,4,10-11H2,1-3H3. The monoisotopic (exact) mass is 232 g/mol. The number of benzene rings is 1. The van der Waals surface area contributed by atoms with Gasteiger partial charge in [0.15, 0.2) is 0 Å². The van der Waals surface area contributed by atoms with Gasteiger partial charge in [0.05, 0.1) is 5.54 Å². The summed E-state index contributed by atoms with van der Waals surface area (Å²) in [7, 11) is 0. The van der Waals surface area contributed by atoms with Gasteiger partial charge in [-0.3, -0.25) is 0 Å². The second-order valence-electron chi connectivity index (χ2n) is 5.45. The Morgan fingerprint density at radius 2 is 2.06 bits per heavy atom. The highest BCUT2D eigenvalue weighted by Gasteiger charge is 2.32. The smallest absolute Gasteiger partial charge is 0.0533 e. The first-order valence-electron chi connectivity index (χ1n) is 6.69. The Balaban J connectivity index is 2.03. The maximum atomic E-state index is 3.71. The molecule has 2 rings (SSSR count). The third-order valence-corrected chi connectivity index (χ3v) is 4.17. The van der Waals surface area contributed by atoms with Crippen molar-refractivity contribution in [1.82, 2.24) is 10.6 Å². The number of nitrogens with one attached hydrogen (secondary N) is 2. The van der Waals surface area contributed by atoms with Crippen LogP contribution in [0.4, 0.5) is 0 Å². The van der Waals surface area contributed by atoms with Crippen molar-refractivity contribution in [3.8, 4) is 0 Å². The summed E-state index contributed by atoms with van der Waals surface area (Å²) in [5, 5.41) is 7.41. The molecular formula is C15H24N2. The summed E-state index contributed by atoms with van der Waals surface area (Å²) < 4.78 is 0. The van der Waals surface area contributed by atoms with E-state index < -0.39 is 0 Å². The Morgan fingerprint density at radius 1 is 1.35 bits per heavy atom. The van der Waals surface area contributed by atoms with E-state index in [2.05, 4.69) is 61.7 Å². The third kappa shape index (κ3) is 2.70. The van der Waals surface area contributed by atoms with Crippen molar-refractivity contribution in [2.75, 3.05) is 13.1 Å². The maximum absolute atomic E-state index is 3.71. The molecule has 0 radical (unpaired) electrons. The zero-order valence-corrected chi connectivity index (χ0v) is 11.2. The normalized spacial score (nSPS) is 31.1. The molecule has 17 heavy (non-hydrogen) atoms. The summed E-state index contributed by atoms with van der Waals surface area (Å²) in [5.74, 6) is 0.739. The van der Waals surface area contributed by atoms with Gasteiger partial charge in [-0.15, -0.1) is 0 Å². The average molecular weight is 232 g/mol. The Bertz CT molecular complexity index is 339. The predicted octanol–water partition coefficient (Wildman–Crippen LogP) is 2.51. The minimum Gasteiger partial charge on any atom is -0.310 e. The molecule has 0 aromatic heterocycles. The lowest BCUT2D eigenvalue weighted by Gasteiger charge is -2.41. The fourth-order valence-corrected chi connectivity index (χ4v) is 2.50. The molecule has 1 aliphatic heterocycles. The molecule has 3 unspecified atom stereocenters. The SMILES string of the molecule is CCC(C)C1CNC(C)(c2ccccc2)CN1. The molecule has 1 aliphatic rings. The lowest BCUT2D eigenvalue weighted by molar-refractivity contribution is 0.216.